The average Bonchev–Trinajstić information content (AvgIpc) is 3.04. The number of aromatic nitrogens is 2. The minimum absolute atomic E-state index is 0.00729. The Balaban J connectivity index is 1.56. The second-order valence-electron chi connectivity index (χ2n) is 7.25. The van der Waals surface area contributed by atoms with Gasteiger partial charge in [0.2, 0.25) is 0 Å². The molecule has 0 amide bonds. The Morgan fingerprint density at radius 2 is 2.19 bits per heavy atom. The fraction of sp³-hybridized carbons (Fsp3) is 0.381. The summed E-state index contributed by atoms with van der Waals surface area (Å²) in [6, 6.07) is 9.77. The van der Waals surface area contributed by atoms with Crippen LogP contribution in [-0.2, 0) is 18.6 Å². The van der Waals surface area contributed by atoms with Gasteiger partial charge in [-0.3, -0.25) is 4.79 Å². The zero-order chi connectivity index (χ0) is 19.0. The summed E-state index contributed by atoms with van der Waals surface area (Å²) in [7, 11) is 0. The molecule has 4 nitrogen and oxygen atoms in total. The lowest BCUT2D eigenvalue weighted by Gasteiger charge is -2.17. The molecule has 0 saturated heterocycles. The molecule has 27 heavy (non-hydrogen) atoms. The van der Waals surface area contributed by atoms with E-state index < -0.39 is 0 Å². The van der Waals surface area contributed by atoms with Crippen LogP contribution in [0.4, 0.5) is 0 Å². The molecule has 0 radical (unpaired) electrons. The highest BCUT2D eigenvalue weighted by molar-refractivity contribution is 7.98. The number of thiophene rings is 1. The van der Waals surface area contributed by atoms with Gasteiger partial charge in [-0.2, -0.15) is 5.26 Å². The van der Waals surface area contributed by atoms with E-state index in [4.69, 9.17) is 10.2 Å². The Labute approximate surface area is 166 Å². The van der Waals surface area contributed by atoms with Crippen LogP contribution < -0.4 is 5.56 Å². The van der Waals surface area contributed by atoms with Crippen LogP contribution in [0.15, 0.2) is 29.1 Å². The van der Waals surface area contributed by atoms with Crippen molar-refractivity contribution in [3.05, 3.63) is 62.0 Å². The smallest absolute Gasteiger partial charge is 0.259 e. The van der Waals surface area contributed by atoms with Crippen molar-refractivity contribution in [3.8, 4) is 6.07 Å². The van der Waals surface area contributed by atoms with Crippen LogP contribution in [0.1, 0.15) is 52.9 Å². The summed E-state index contributed by atoms with van der Waals surface area (Å²) in [5.41, 5.74) is 3.07. The number of hydrogen-bond donors (Lipinski definition) is 1. The highest BCUT2D eigenvalue weighted by Crippen LogP contribution is 2.37. The summed E-state index contributed by atoms with van der Waals surface area (Å²) in [5, 5.41) is 9.79. The Kier molecular flexibility index (Phi) is 5.07. The first-order valence-corrected chi connectivity index (χ1v) is 11.1. The summed E-state index contributed by atoms with van der Waals surface area (Å²) in [6.07, 6.45) is 3.20. The van der Waals surface area contributed by atoms with Gasteiger partial charge >= 0.3 is 0 Å². The van der Waals surface area contributed by atoms with Crippen molar-refractivity contribution in [3.63, 3.8) is 0 Å². The SMILES string of the molecule is C[C@@H]1CCc2c(sc3nc([C@H](C)SCc4ccc(C#N)cc4)[nH]c(=O)c23)C1. The molecule has 0 spiro atoms. The molecule has 2 heterocycles. The van der Waals surface area contributed by atoms with Gasteiger partial charge in [-0.15, -0.1) is 23.1 Å². The molecule has 1 aliphatic rings. The van der Waals surface area contributed by atoms with Crippen molar-refractivity contribution in [1.29, 1.82) is 5.26 Å². The Bertz CT molecular complexity index is 1080. The Morgan fingerprint density at radius 3 is 2.93 bits per heavy atom. The van der Waals surface area contributed by atoms with Crippen LogP contribution in [0.25, 0.3) is 10.2 Å². The number of aryl methyl sites for hydroxylation is 1. The van der Waals surface area contributed by atoms with Gasteiger partial charge in [0.25, 0.3) is 5.56 Å². The molecule has 0 fully saturated rings. The number of nitrogens with zero attached hydrogens (tertiary/aromatic N) is 2. The maximum atomic E-state index is 12.7. The number of nitriles is 1. The predicted octanol–water partition coefficient (Wildman–Crippen LogP) is 4.98. The van der Waals surface area contributed by atoms with Gasteiger partial charge in [-0.05, 0) is 55.4 Å². The largest absolute Gasteiger partial charge is 0.309 e. The number of nitrogens with one attached hydrogen (secondary N) is 1. The van der Waals surface area contributed by atoms with Crippen LogP contribution >= 0.6 is 23.1 Å². The predicted molar refractivity (Wildman–Crippen MR) is 112 cm³/mol. The molecule has 1 aliphatic carbocycles. The van der Waals surface area contributed by atoms with Gasteiger partial charge in [-0.1, -0.05) is 19.1 Å². The third-order valence-electron chi connectivity index (χ3n) is 5.15. The van der Waals surface area contributed by atoms with E-state index in [0.717, 1.165) is 46.6 Å². The van der Waals surface area contributed by atoms with E-state index >= 15 is 0 Å². The van der Waals surface area contributed by atoms with Crippen molar-refractivity contribution in [1.82, 2.24) is 9.97 Å². The standard InChI is InChI=1S/C21H21N3OS2/c1-12-3-8-16-17(9-12)27-21-18(16)20(25)23-19(24-21)13(2)26-11-15-6-4-14(10-22)5-7-15/h4-7,12-13H,3,8-9,11H2,1-2H3,(H,23,24,25)/t12-,13+/m1/s1. The topological polar surface area (TPSA) is 69.5 Å². The summed E-state index contributed by atoms with van der Waals surface area (Å²) in [4.78, 5) is 22.8. The highest BCUT2D eigenvalue weighted by Gasteiger charge is 2.23. The van der Waals surface area contributed by atoms with Gasteiger partial charge in [0.1, 0.15) is 10.7 Å². The number of thioether (sulfide) groups is 1. The number of hydrogen-bond acceptors (Lipinski definition) is 5. The Hall–Kier alpha value is -2.10. The van der Waals surface area contributed by atoms with Gasteiger partial charge in [0.05, 0.1) is 22.3 Å². The van der Waals surface area contributed by atoms with E-state index in [9.17, 15) is 4.79 Å². The fourth-order valence-corrected chi connectivity index (χ4v) is 5.83. The molecule has 0 unspecified atom stereocenters. The lowest BCUT2D eigenvalue weighted by atomic mass is 9.89. The molecule has 1 N–H and O–H groups in total. The van der Waals surface area contributed by atoms with E-state index in [1.54, 1.807) is 23.1 Å². The summed E-state index contributed by atoms with van der Waals surface area (Å²) in [6.45, 7) is 4.35. The Morgan fingerprint density at radius 1 is 1.41 bits per heavy atom. The number of H-pyrrole nitrogens is 1. The van der Waals surface area contributed by atoms with Crippen molar-refractivity contribution >= 4 is 33.3 Å². The lowest BCUT2D eigenvalue weighted by Crippen LogP contribution is -2.15. The van der Waals surface area contributed by atoms with E-state index in [-0.39, 0.29) is 10.8 Å². The maximum Gasteiger partial charge on any atom is 0.259 e. The van der Waals surface area contributed by atoms with Crippen molar-refractivity contribution in [2.75, 3.05) is 0 Å². The minimum Gasteiger partial charge on any atom is -0.309 e. The number of benzene rings is 1. The van der Waals surface area contributed by atoms with E-state index in [0.29, 0.717) is 11.5 Å². The second-order valence-corrected chi connectivity index (χ2v) is 9.66. The molecule has 0 aliphatic heterocycles. The molecular formula is C21H21N3OS2. The molecule has 138 valence electrons. The van der Waals surface area contributed by atoms with Crippen LogP contribution in [-0.4, -0.2) is 9.97 Å². The van der Waals surface area contributed by atoms with Crippen molar-refractivity contribution in [2.45, 2.75) is 44.1 Å². The zero-order valence-electron chi connectivity index (χ0n) is 15.4. The molecule has 3 aromatic rings. The minimum atomic E-state index is 0.00729. The van der Waals surface area contributed by atoms with Gasteiger partial charge < -0.3 is 4.98 Å². The third kappa shape index (κ3) is 3.67. The number of fused-ring (bicyclic) bond motifs is 3. The van der Waals surface area contributed by atoms with Crippen LogP contribution in [0, 0.1) is 17.2 Å². The number of aromatic amines is 1. The van der Waals surface area contributed by atoms with Crippen molar-refractivity contribution < 1.29 is 0 Å². The molecular weight excluding hydrogens is 374 g/mol. The quantitative estimate of drug-likeness (QED) is 0.677. The average molecular weight is 396 g/mol. The van der Waals surface area contributed by atoms with Gasteiger partial charge in [-0.25, -0.2) is 4.98 Å². The van der Waals surface area contributed by atoms with E-state index in [2.05, 4.69) is 24.9 Å². The lowest BCUT2D eigenvalue weighted by molar-refractivity contribution is 0.509. The van der Waals surface area contributed by atoms with Gasteiger partial charge in [0.15, 0.2) is 0 Å². The molecule has 2 atom stereocenters. The first-order valence-electron chi connectivity index (χ1n) is 9.20. The molecule has 2 aromatic heterocycles. The molecule has 4 rings (SSSR count). The van der Waals surface area contributed by atoms with Crippen LogP contribution in [0.5, 0.6) is 0 Å². The first kappa shape index (κ1) is 18.3. The summed E-state index contributed by atoms with van der Waals surface area (Å²) >= 11 is 3.43. The monoisotopic (exact) mass is 395 g/mol. The van der Waals surface area contributed by atoms with Crippen LogP contribution in [0.2, 0.25) is 0 Å². The van der Waals surface area contributed by atoms with Crippen LogP contribution in [0.3, 0.4) is 0 Å². The first-order chi connectivity index (χ1) is 13.0. The summed E-state index contributed by atoms with van der Waals surface area (Å²) < 4.78 is 0. The summed E-state index contributed by atoms with van der Waals surface area (Å²) in [5.74, 6) is 2.25. The molecule has 1 aromatic carbocycles. The normalized spacial score (nSPS) is 17.4. The zero-order valence-corrected chi connectivity index (χ0v) is 17.0. The van der Waals surface area contributed by atoms with E-state index in [1.165, 1.54) is 10.4 Å². The third-order valence-corrected chi connectivity index (χ3v) is 7.52. The maximum absolute atomic E-state index is 12.7. The molecule has 0 bridgehead atoms. The molecule has 6 heteroatoms. The van der Waals surface area contributed by atoms with Crippen molar-refractivity contribution in [2.24, 2.45) is 5.92 Å². The second kappa shape index (κ2) is 7.49. The highest BCUT2D eigenvalue weighted by atomic mass is 32.2. The van der Waals surface area contributed by atoms with E-state index in [1.807, 2.05) is 24.3 Å². The number of rotatable bonds is 4. The molecule has 0 saturated carbocycles. The fourth-order valence-electron chi connectivity index (χ4n) is 3.53. The van der Waals surface area contributed by atoms with Gasteiger partial charge in [0, 0.05) is 10.6 Å².